The summed E-state index contributed by atoms with van der Waals surface area (Å²) < 4.78 is 1.36. The van der Waals surface area contributed by atoms with Gasteiger partial charge in [0.1, 0.15) is 5.82 Å². The molecule has 1 amide bonds. The minimum atomic E-state index is -0.602. The third kappa shape index (κ3) is 3.82. The molecule has 4 aliphatic rings. The van der Waals surface area contributed by atoms with Crippen LogP contribution in [0.2, 0.25) is 0 Å². The molecular weight excluding hydrogens is 382 g/mol. The molecule has 1 aromatic rings. The van der Waals surface area contributed by atoms with Gasteiger partial charge in [0.2, 0.25) is 5.91 Å². The van der Waals surface area contributed by atoms with Crippen LogP contribution in [0, 0.1) is 17.8 Å². The van der Waals surface area contributed by atoms with E-state index in [9.17, 15) is 14.4 Å². The summed E-state index contributed by atoms with van der Waals surface area (Å²) in [4.78, 5) is 41.7. The average molecular weight is 418 g/mol. The molecule has 5 rings (SSSR count). The zero-order valence-corrected chi connectivity index (χ0v) is 18.2. The number of amides is 1. The number of nitrogens with zero attached hydrogens (tertiary/aromatic N) is 2. The van der Waals surface area contributed by atoms with Crippen molar-refractivity contribution in [2.75, 3.05) is 23.7 Å². The van der Waals surface area contributed by atoms with Crippen LogP contribution >= 0.6 is 0 Å². The number of nitrogens with two attached hydrogens (primary N) is 1. The number of aromatic amines is 1. The zero-order chi connectivity index (χ0) is 21.5. The predicted octanol–water partition coefficient (Wildman–Crippen LogP) is 1.83. The van der Waals surface area contributed by atoms with Gasteiger partial charge in [-0.2, -0.15) is 0 Å². The van der Waals surface area contributed by atoms with Crippen LogP contribution in [-0.2, 0) is 11.3 Å². The van der Waals surface area contributed by atoms with Gasteiger partial charge < -0.3 is 16.0 Å². The van der Waals surface area contributed by atoms with Crippen molar-refractivity contribution in [3.63, 3.8) is 0 Å². The smallest absolute Gasteiger partial charge is 0.330 e. The molecule has 0 spiro atoms. The summed E-state index contributed by atoms with van der Waals surface area (Å²) in [7, 11) is 0. The Kier molecular flexibility index (Phi) is 5.79. The molecule has 0 saturated heterocycles. The summed E-state index contributed by atoms with van der Waals surface area (Å²) in [6.45, 7) is 4.77. The van der Waals surface area contributed by atoms with Crippen molar-refractivity contribution in [1.82, 2.24) is 14.9 Å². The largest absolute Gasteiger partial charge is 0.383 e. The Morgan fingerprint density at radius 2 is 1.77 bits per heavy atom. The van der Waals surface area contributed by atoms with Crippen LogP contribution in [0.15, 0.2) is 9.59 Å². The molecule has 8 heteroatoms. The monoisotopic (exact) mass is 417 g/mol. The number of carbonyl (C=O) groups is 1. The van der Waals surface area contributed by atoms with Crippen molar-refractivity contribution in [3.05, 3.63) is 20.8 Å². The molecule has 8 nitrogen and oxygen atoms in total. The van der Waals surface area contributed by atoms with Crippen LogP contribution in [0.3, 0.4) is 0 Å². The van der Waals surface area contributed by atoms with Gasteiger partial charge in [0.25, 0.3) is 5.56 Å². The van der Waals surface area contributed by atoms with Gasteiger partial charge in [0.15, 0.2) is 5.69 Å². The van der Waals surface area contributed by atoms with Crippen LogP contribution in [-0.4, -0.2) is 34.1 Å². The zero-order valence-electron chi connectivity index (χ0n) is 18.2. The standard InChI is InChI=1S/C22H35N5O3/c1-3-5-6-27-19(23)18(20(29)25-21(27)30)26(4-2)17(28)13-24-22-10-14-7-15(11-22)9-16(8-14)12-22/h14-16,24H,3-13,23H2,1-2H3,(H,25,29,30). The molecule has 0 radical (unpaired) electrons. The Hall–Kier alpha value is -2.09. The Morgan fingerprint density at radius 1 is 1.17 bits per heavy atom. The summed E-state index contributed by atoms with van der Waals surface area (Å²) in [5.74, 6) is 2.28. The van der Waals surface area contributed by atoms with Gasteiger partial charge in [0, 0.05) is 18.6 Å². The molecule has 4 N–H and O–H groups in total. The lowest BCUT2D eigenvalue weighted by atomic mass is 9.53. The highest BCUT2D eigenvalue weighted by molar-refractivity contribution is 5.96. The quantitative estimate of drug-likeness (QED) is 0.597. The van der Waals surface area contributed by atoms with E-state index in [-0.39, 0.29) is 29.5 Å². The third-order valence-electron chi connectivity index (χ3n) is 7.49. The first kappa shape index (κ1) is 21.2. The van der Waals surface area contributed by atoms with E-state index < -0.39 is 11.2 Å². The average Bonchev–Trinajstić information content (AvgIpc) is 2.68. The van der Waals surface area contributed by atoms with Crippen molar-refractivity contribution in [2.45, 2.75) is 77.3 Å². The fraction of sp³-hybridized carbons (Fsp3) is 0.773. The van der Waals surface area contributed by atoms with Crippen molar-refractivity contribution in [1.29, 1.82) is 0 Å². The Morgan fingerprint density at radius 3 is 2.30 bits per heavy atom. The summed E-state index contributed by atoms with van der Waals surface area (Å²) >= 11 is 0. The number of nitrogens with one attached hydrogen (secondary N) is 2. The van der Waals surface area contributed by atoms with Gasteiger partial charge in [-0.05, 0) is 69.6 Å². The first-order valence-electron chi connectivity index (χ1n) is 11.5. The molecule has 0 atom stereocenters. The second-order valence-electron chi connectivity index (χ2n) is 9.69. The second kappa shape index (κ2) is 8.21. The number of carbonyl (C=O) groups excluding carboxylic acids is 1. The van der Waals surface area contributed by atoms with E-state index in [1.165, 1.54) is 28.7 Å². The van der Waals surface area contributed by atoms with Gasteiger partial charge in [0.05, 0.1) is 6.54 Å². The second-order valence-corrected chi connectivity index (χ2v) is 9.69. The molecule has 4 saturated carbocycles. The summed E-state index contributed by atoms with van der Waals surface area (Å²) in [5.41, 5.74) is 5.25. The molecule has 4 aliphatic carbocycles. The highest BCUT2D eigenvalue weighted by atomic mass is 16.2. The van der Waals surface area contributed by atoms with Crippen molar-refractivity contribution >= 4 is 17.4 Å². The van der Waals surface area contributed by atoms with Gasteiger partial charge >= 0.3 is 5.69 Å². The van der Waals surface area contributed by atoms with Gasteiger partial charge in [-0.25, -0.2) is 4.79 Å². The van der Waals surface area contributed by atoms with Crippen LogP contribution in [0.5, 0.6) is 0 Å². The van der Waals surface area contributed by atoms with Gasteiger partial charge in [-0.1, -0.05) is 13.3 Å². The van der Waals surface area contributed by atoms with Crippen LogP contribution in [0.4, 0.5) is 11.5 Å². The SMILES string of the molecule is CCCCn1c(N)c(N(CC)C(=O)CNC23CC4CC(CC(C4)C2)C3)c(=O)[nH]c1=O. The molecule has 166 valence electrons. The predicted molar refractivity (Wildman–Crippen MR) is 118 cm³/mol. The van der Waals surface area contributed by atoms with E-state index in [4.69, 9.17) is 5.73 Å². The number of anilines is 2. The topological polar surface area (TPSA) is 113 Å². The third-order valence-corrected chi connectivity index (χ3v) is 7.49. The number of unbranched alkanes of at least 4 members (excludes halogenated alkanes) is 1. The number of hydrogen-bond acceptors (Lipinski definition) is 5. The number of aromatic nitrogens is 2. The summed E-state index contributed by atoms with van der Waals surface area (Å²) in [5, 5.41) is 3.60. The lowest BCUT2D eigenvalue weighted by Gasteiger charge is -2.57. The minimum Gasteiger partial charge on any atom is -0.383 e. The molecule has 4 bridgehead atoms. The maximum absolute atomic E-state index is 13.2. The highest BCUT2D eigenvalue weighted by Gasteiger charge is 2.50. The molecule has 4 fully saturated rings. The first-order chi connectivity index (χ1) is 14.4. The highest BCUT2D eigenvalue weighted by Crippen LogP contribution is 2.55. The maximum atomic E-state index is 13.2. The molecule has 30 heavy (non-hydrogen) atoms. The number of hydrogen-bond donors (Lipinski definition) is 3. The lowest BCUT2D eigenvalue weighted by molar-refractivity contribution is -0.119. The lowest BCUT2D eigenvalue weighted by Crippen LogP contribution is -2.60. The van der Waals surface area contributed by atoms with Crippen molar-refractivity contribution in [3.8, 4) is 0 Å². The molecule has 0 unspecified atom stereocenters. The normalized spacial score (nSPS) is 29.3. The van der Waals surface area contributed by atoms with E-state index in [1.54, 1.807) is 0 Å². The fourth-order valence-electron chi connectivity index (χ4n) is 6.52. The number of rotatable bonds is 8. The fourth-order valence-corrected chi connectivity index (χ4v) is 6.52. The molecule has 0 aromatic carbocycles. The molecule has 0 aliphatic heterocycles. The van der Waals surface area contributed by atoms with E-state index in [1.807, 2.05) is 13.8 Å². The molecule has 1 aromatic heterocycles. The van der Waals surface area contributed by atoms with E-state index in [0.717, 1.165) is 49.9 Å². The Balaban J connectivity index is 1.52. The number of likely N-dealkylation sites (N-methyl/N-ethyl adjacent to an activating group) is 1. The van der Waals surface area contributed by atoms with Crippen molar-refractivity contribution in [2.24, 2.45) is 17.8 Å². The maximum Gasteiger partial charge on any atom is 0.330 e. The minimum absolute atomic E-state index is 0.0711. The van der Waals surface area contributed by atoms with Crippen LogP contribution < -0.4 is 27.2 Å². The molecule has 1 heterocycles. The number of nitrogen functional groups attached to an aromatic ring is 1. The van der Waals surface area contributed by atoms with E-state index >= 15 is 0 Å². The van der Waals surface area contributed by atoms with E-state index in [0.29, 0.717) is 13.1 Å². The Bertz CT molecular complexity index is 883. The summed E-state index contributed by atoms with van der Waals surface area (Å²) in [6, 6.07) is 0. The molecular formula is C22H35N5O3. The van der Waals surface area contributed by atoms with Gasteiger partial charge in [-0.3, -0.25) is 19.1 Å². The van der Waals surface area contributed by atoms with E-state index in [2.05, 4.69) is 10.3 Å². The van der Waals surface area contributed by atoms with Crippen LogP contribution in [0.1, 0.15) is 65.2 Å². The summed E-state index contributed by atoms with van der Waals surface area (Å²) in [6.07, 6.45) is 9.17. The van der Waals surface area contributed by atoms with Gasteiger partial charge in [-0.15, -0.1) is 0 Å². The number of H-pyrrole nitrogens is 1. The first-order valence-corrected chi connectivity index (χ1v) is 11.5. The van der Waals surface area contributed by atoms with Crippen molar-refractivity contribution < 1.29 is 4.79 Å². The Labute approximate surface area is 177 Å². The van der Waals surface area contributed by atoms with Crippen LogP contribution in [0.25, 0.3) is 0 Å².